The molecule has 2 aromatic carbocycles. The Morgan fingerprint density at radius 2 is 1.58 bits per heavy atom. The fourth-order valence-electron chi connectivity index (χ4n) is 4.08. The number of likely N-dealkylation sites (tertiary alicyclic amines) is 1. The Morgan fingerprint density at radius 3 is 2.15 bits per heavy atom. The van der Waals surface area contributed by atoms with Gasteiger partial charge in [0.1, 0.15) is 5.75 Å². The normalized spacial score (nSPS) is 17.9. The molecule has 0 bridgehead atoms. The zero-order valence-corrected chi connectivity index (χ0v) is 19.8. The van der Waals surface area contributed by atoms with E-state index in [9.17, 15) is 14.4 Å². The van der Waals surface area contributed by atoms with Gasteiger partial charge in [0, 0.05) is 37.4 Å². The monoisotopic (exact) mass is 451 g/mol. The van der Waals surface area contributed by atoms with Crippen molar-refractivity contribution in [1.82, 2.24) is 9.80 Å². The van der Waals surface area contributed by atoms with Crippen LogP contribution in [0.4, 0.5) is 5.69 Å². The number of carbonyl (C=O) groups is 3. The van der Waals surface area contributed by atoms with Crippen LogP contribution in [0, 0.1) is 0 Å². The molecule has 0 radical (unpaired) electrons. The zero-order chi connectivity index (χ0) is 24.0. The summed E-state index contributed by atoms with van der Waals surface area (Å²) in [7, 11) is 3.45. The highest BCUT2D eigenvalue weighted by atomic mass is 16.5. The average Bonchev–Trinajstić information content (AvgIpc) is 2.79. The van der Waals surface area contributed by atoms with E-state index in [0.29, 0.717) is 23.4 Å². The lowest BCUT2D eigenvalue weighted by molar-refractivity contribution is -0.139. The van der Waals surface area contributed by atoms with Crippen molar-refractivity contribution in [2.45, 2.75) is 51.6 Å². The second kappa shape index (κ2) is 11.0. The maximum absolute atomic E-state index is 12.6. The summed E-state index contributed by atoms with van der Waals surface area (Å²) in [5, 5.41) is 2.85. The second-order valence-corrected chi connectivity index (χ2v) is 8.86. The third-order valence-electron chi connectivity index (χ3n) is 6.03. The van der Waals surface area contributed by atoms with Crippen LogP contribution in [-0.2, 0) is 16.0 Å². The molecular formula is C26H33N3O4. The van der Waals surface area contributed by atoms with Gasteiger partial charge in [-0.15, -0.1) is 0 Å². The van der Waals surface area contributed by atoms with Crippen LogP contribution < -0.4 is 10.1 Å². The van der Waals surface area contributed by atoms with Crippen molar-refractivity contribution in [2.24, 2.45) is 0 Å². The molecule has 1 aliphatic heterocycles. The summed E-state index contributed by atoms with van der Waals surface area (Å²) in [6.07, 6.45) is 3.52. The highest BCUT2D eigenvalue weighted by Crippen LogP contribution is 2.23. The van der Waals surface area contributed by atoms with E-state index in [4.69, 9.17) is 4.74 Å². The van der Waals surface area contributed by atoms with Crippen molar-refractivity contribution >= 4 is 23.4 Å². The van der Waals surface area contributed by atoms with Crippen LogP contribution in [0.5, 0.6) is 5.75 Å². The van der Waals surface area contributed by atoms with Gasteiger partial charge in [0.2, 0.25) is 5.91 Å². The lowest BCUT2D eigenvalue weighted by Crippen LogP contribution is -2.49. The third-order valence-corrected chi connectivity index (χ3v) is 6.03. The van der Waals surface area contributed by atoms with Gasteiger partial charge in [-0.2, -0.15) is 0 Å². The molecule has 176 valence electrons. The van der Waals surface area contributed by atoms with Crippen LogP contribution in [0.1, 0.15) is 49.0 Å². The average molecular weight is 452 g/mol. The summed E-state index contributed by atoms with van der Waals surface area (Å²) >= 11 is 0. The number of ether oxygens (including phenoxy) is 1. The molecule has 1 saturated heterocycles. The number of piperidine rings is 1. The van der Waals surface area contributed by atoms with E-state index in [2.05, 4.69) is 19.2 Å². The van der Waals surface area contributed by atoms with Crippen LogP contribution in [0.2, 0.25) is 0 Å². The maximum Gasteiger partial charge on any atom is 0.260 e. The highest BCUT2D eigenvalue weighted by Gasteiger charge is 2.29. The molecule has 1 N–H and O–H groups in total. The molecule has 1 aliphatic rings. The van der Waals surface area contributed by atoms with Crippen LogP contribution in [-0.4, -0.2) is 60.3 Å². The number of benzene rings is 2. The molecule has 7 heteroatoms. The van der Waals surface area contributed by atoms with Gasteiger partial charge in [-0.3, -0.25) is 14.4 Å². The first-order chi connectivity index (χ1) is 15.7. The van der Waals surface area contributed by atoms with Crippen LogP contribution in [0.15, 0.2) is 48.5 Å². The molecule has 0 spiro atoms. The first-order valence-corrected chi connectivity index (χ1v) is 11.4. The second-order valence-electron chi connectivity index (χ2n) is 8.86. The smallest absolute Gasteiger partial charge is 0.260 e. The van der Waals surface area contributed by atoms with Crippen LogP contribution in [0.3, 0.4) is 0 Å². The number of anilines is 1. The fraction of sp³-hybridized carbons (Fsp3) is 0.423. The molecule has 3 amide bonds. The Labute approximate surface area is 195 Å². The predicted octanol–water partition coefficient (Wildman–Crippen LogP) is 3.74. The Balaban J connectivity index is 1.51. The van der Waals surface area contributed by atoms with Crippen LogP contribution >= 0.6 is 0 Å². The first-order valence-electron chi connectivity index (χ1n) is 11.4. The summed E-state index contributed by atoms with van der Waals surface area (Å²) in [5.74, 6) is 0.320. The Morgan fingerprint density at radius 1 is 0.970 bits per heavy atom. The number of amides is 3. The van der Waals surface area contributed by atoms with Gasteiger partial charge < -0.3 is 19.9 Å². The number of nitrogens with one attached hydrogen (secondary N) is 1. The van der Waals surface area contributed by atoms with E-state index in [1.165, 1.54) is 0 Å². The van der Waals surface area contributed by atoms with Crippen molar-refractivity contribution in [1.29, 1.82) is 0 Å². The third kappa shape index (κ3) is 6.57. The van der Waals surface area contributed by atoms with Gasteiger partial charge in [0.15, 0.2) is 6.61 Å². The molecular weight excluding hydrogens is 418 g/mol. The maximum atomic E-state index is 12.6. The number of hydrogen-bond acceptors (Lipinski definition) is 4. The standard InChI is InChI=1S/C26H33N3O4/c1-18-6-5-7-19(2)29(18)25(31)17-33-23-14-10-21(11-15-23)26(32)27-22-12-8-20(9-13-22)16-24(30)28(3)4/h8-15,18-19H,5-7,16-17H2,1-4H3,(H,27,32). The summed E-state index contributed by atoms with van der Waals surface area (Å²) in [5.41, 5.74) is 2.02. The molecule has 0 aliphatic carbocycles. The lowest BCUT2D eigenvalue weighted by atomic mass is 9.97. The number of rotatable bonds is 7. The summed E-state index contributed by atoms with van der Waals surface area (Å²) < 4.78 is 5.68. The molecule has 33 heavy (non-hydrogen) atoms. The minimum atomic E-state index is -0.245. The van der Waals surface area contributed by atoms with Gasteiger partial charge in [-0.05, 0) is 75.1 Å². The predicted molar refractivity (Wildman–Crippen MR) is 128 cm³/mol. The van der Waals surface area contributed by atoms with Crippen molar-refractivity contribution in [2.75, 3.05) is 26.0 Å². The summed E-state index contributed by atoms with van der Waals surface area (Å²) in [6, 6.07) is 14.4. The molecule has 3 rings (SSSR count). The molecule has 1 fully saturated rings. The van der Waals surface area contributed by atoms with Gasteiger partial charge >= 0.3 is 0 Å². The summed E-state index contributed by atoms with van der Waals surface area (Å²) in [4.78, 5) is 40.4. The minimum absolute atomic E-state index is 0.00718. The number of hydrogen-bond donors (Lipinski definition) is 1. The minimum Gasteiger partial charge on any atom is -0.484 e. The van der Waals surface area contributed by atoms with Gasteiger partial charge in [-0.1, -0.05) is 12.1 Å². The number of nitrogens with zero attached hydrogens (tertiary/aromatic N) is 2. The van der Waals surface area contributed by atoms with Crippen molar-refractivity contribution in [3.8, 4) is 5.75 Å². The van der Waals surface area contributed by atoms with Gasteiger partial charge in [-0.25, -0.2) is 0 Å². The van der Waals surface area contributed by atoms with E-state index in [0.717, 1.165) is 24.8 Å². The lowest BCUT2D eigenvalue weighted by Gasteiger charge is -2.38. The molecule has 2 aromatic rings. The van der Waals surface area contributed by atoms with Crippen LogP contribution in [0.25, 0.3) is 0 Å². The van der Waals surface area contributed by atoms with Gasteiger partial charge in [0.05, 0.1) is 6.42 Å². The van der Waals surface area contributed by atoms with Crippen molar-refractivity contribution < 1.29 is 19.1 Å². The first kappa shape index (κ1) is 24.3. The largest absolute Gasteiger partial charge is 0.484 e. The van der Waals surface area contributed by atoms with Crippen molar-refractivity contribution in [3.63, 3.8) is 0 Å². The molecule has 1 heterocycles. The van der Waals surface area contributed by atoms with E-state index >= 15 is 0 Å². The molecule has 2 atom stereocenters. The van der Waals surface area contributed by atoms with E-state index in [1.54, 1.807) is 55.4 Å². The quantitative estimate of drug-likeness (QED) is 0.696. The van der Waals surface area contributed by atoms with E-state index in [-0.39, 0.29) is 36.4 Å². The molecule has 0 aromatic heterocycles. The van der Waals surface area contributed by atoms with Crippen molar-refractivity contribution in [3.05, 3.63) is 59.7 Å². The van der Waals surface area contributed by atoms with E-state index < -0.39 is 0 Å². The Bertz CT molecular complexity index is 960. The fourth-order valence-corrected chi connectivity index (χ4v) is 4.08. The Hall–Kier alpha value is -3.35. The van der Waals surface area contributed by atoms with Gasteiger partial charge in [0.25, 0.3) is 11.8 Å². The van der Waals surface area contributed by atoms with E-state index in [1.807, 2.05) is 17.0 Å². The molecule has 2 unspecified atom stereocenters. The SMILES string of the molecule is CC1CCCC(C)N1C(=O)COc1ccc(C(=O)Nc2ccc(CC(=O)N(C)C)cc2)cc1. The highest BCUT2D eigenvalue weighted by molar-refractivity contribution is 6.04. The zero-order valence-electron chi connectivity index (χ0n) is 19.8. The number of likely N-dealkylation sites (N-methyl/N-ethyl adjacent to an activating group) is 1. The Kier molecular flexibility index (Phi) is 8.09. The molecule has 0 saturated carbocycles. The topological polar surface area (TPSA) is 79.0 Å². The number of carbonyl (C=O) groups excluding carboxylic acids is 3. The molecule has 7 nitrogen and oxygen atoms in total. The summed E-state index contributed by atoms with van der Waals surface area (Å²) in [6.45, 7) is 4.15.